The molecule has 0 aliphatic carbocycles. The number of benzene rings is 2. The largest absolute Gasteiger partial charge is 0.340 e. The number of carbonyl (C=O) groups is 1. The Morgan fingerprint density at radius 2 is 1.50 bits per heavy atom. The molecule has 0 N–H and O–H groups in total. The topological polar surface area (TPSA) is 60.9 Å². The minimum atomic E-state index is -3.55. The van der Waals surface area contributed by atoms with Gasteiger partial charge < -0.3 is 4.90 Å². The Kier molecular flexibility index (Phi) is 6.51. The van der Waals surface area contributed by atoms with Crippen LogP contribution < -0.4 is 0 Å². The van der Waals surface area contributed by atoms with Crippen molar-refractivity contribution in [3.05, 3.63) is 66.2 Å². The molecule has 160 valence electrons. The number of rotatable bonds is 5. The second kappa shape index (κ2) is 9.29. The molecule has 2 heterocycles. The van der Waals surface area contributed by atoms with Crippen molar-refractivity contribution < 1.29 is 13.2 Å². The molecule has 0 unspecified atom stereocenters. The zero-order valence-electron chi connectivity index (χ0n) is 17.2. The Balaban J connectivity index is 1.34. The van der Waals surface area contributed by atoms with E-state index in [-0.39, 0.29) is 18.4 Å². The van der Waals surface area contributed by atoms with Gasteiger partial charge in [-0.05, 0) is 30.5 Å². The van der Waals surface area contributed by atoms with Gasteiger partial charge in [0.25, 0.3) is 0 Å². The number of carbonyl (C=O) groups excluding carboxylic acids is 1. The summed E-state index contributed by atoms with van der Waals surface area (Å²) in [6, 6.07) is 18.9. The minimum Gasteiger partial charge on any atom is -0.340 e. The molecule has 2 aromatic carbocycles. The van der Waals surface area contributed by atoms with E-state index in [4.69, 9.17) is 0 Å². The van der Waals surface area contributed by atoms with Gasteiger partial charge >= 0.3 is 0 Å². The molecular formula is C23H29N3O3S. The summed E-state index contributed by atoms with van der Waals surface area (Å²) in [5.74, 6) is -0.153. The highest BCUT2D eigenvalue weighted by molar-refractivity contribution is 7.89. The predicted octanol–water partition coefficient (Wildman–Crippen LogP) is 2.43. The molecule has 2 fully saturated rings. The summed E-state index contributed by atoms with van der Waals surface area (Å²) in [5, 5.41) is 0. The van der Waals surface area contributed by atoms with Gasteiger partial charge in [-0.15, -0.1) is 0 Å². The van der Waals surface area contributed by atoms with Crippen molar-refractivity contribution >= 4 is 15.9 Å². The predicted molar refractivity (Wildman–Crippen MR) is 116 cm³/mol. The lowest BCUT2D eigenvalue weighted by Crippen LogP contribution is -2.52. The van der Waals surface area contributed by atoms with Crippen LogP contribution in [0.3, 0.4) is 0 Å². The van der Waals surface area contributed by atoms with E-state index in [1.165, 1.54) is 9.87 Å². The Morgan fingerprint density at radius 1 is 0.867 bits per heavy atom. The van der Waals surface area contributed by atoms with E-state index < -0.39 is 10.0 Å². The van der Waals surface area contributed by atoms with Crippen molar-refractivity contribution in [2.75, 3.05) is 39.3 Å². The average molecular weight is 428 g/mol. The fourth-order valence-electron chi connectivity index (χ4n) is 4.33. The van der Waals surface area contributed by atoms with Crippen LogP contribution in [0.4, 0.5) is 0 Å². The van der Waals surface area contributed by atoms with Crippen molar-refractivity contribution in [2.24, 2.45) is 5.92 Å². The number of nitrogens with zero attached hydrogens (tertiary/aromatic N) is 3. The zero-order valence-corrected chi connectivity index (χ0v) is 18.0. The molecule has 2 aliphatic heterocycles. The van der Waals surface area contributed by atoms with Gasteiger partial charge in [-0.25, -0.2) is 8.42 Å². The number of hydrogen-bond donors (Lipinski definition) is 0. The van der Waals surface area contributed by atoms with E-state index >= 15 is 0 Å². The summed E-state index contributed by atoms with van der Waals surface area (Å²) >= 11 is 0. The monoisotopic (exact) mass is 427 g/mol. The molecule has 7 heteroatoms. The third-order valence-electron chi connectivity index (χ3n) is 6.05. The molecule has 0 aromatic heterocycles. The molecule has 0 saturated carbocycles. The molecule has 30 heavy (non-hydrogen) atoms. The van der Waals surface area contributed by atoms with Crippen LogP contribution in [0.5, 0.6) is 0 Å². The third kappa shape index (κ3) is 4.74. The maximum Gasteiger partial charge on any atom is 0.243 e. The van der Waals surface area contributed by atoms with Gasteiger partial charge in [0.05, 0.1) is 10.8 Å². The van der Waals surface area contributed by atoms with Gasteiger partial charge in [0.15, 0.2) is 0 Å². The normalized spacial score (nSPS) is 21.5. The van der Waals surface area contributed by atoms with Crippen molar-refractivity contribution in [3.63, 3.8) is 0 Å². The summed E-state index contributed by atoms with van der Waals surface area (Å²) < 4.78 is 27.4. The second-order valence-corrected chi connectivity index (χ2v) is 10.0. The number of amides is 1. The average Bonchev–Trinajstić information content (AvgIpc) is 2.80. The summed E-state index contributed by atoms with van der Waals surface area (Å²) in [7, 11) is -3.55. The Bertz CT molecular complexity index is 942. The van der Waals surface area contributed by atoms with Crippen LogP contribution in [0.2, 0.25) is 0 Å². The lowest BCUT2D eigenvalue weighted by atomic mass is 9.97. The van der Waals surface area contributed by atoms with Crippen LogP contribution in [0.25, 0.3) is 0 Å². The highest BCUT2D eigenvalue weighted by atomic mass is 32.2. The lowest BCUT2D eigenvalue weighted by molar-refractivity contribution is -0.138. The summed E-state index contributed by atoms with van der Waals surface area (Å²) in [4.78, 5) is 17.7. The maximum atomic E-state index is 13.1. The SMILES string of the molecule is O=C([C@@H]1CCCN(S(=O)(=O)c2ccccc2)C1)N1CCN(Cc2ccccc2)CC1. The Labute approximate surface area is 179 Å². The highest BCUT2D eigenvalue weighted by Crippen LogP contribution is 2.25. The highest BCUT2D eigenvalue weighted by Gasteiger charge is 2.35. The van der Waals surface area contributed by atoms with E-state index in [0.29, 0.717) is 24.5 Å². The van der Waals surface area contributed by atoms with Crippen LogP contribution >= 0.6 is 0 Å². The fourth-order valence-corrected chi connectivity index (χ4v) is 5.87. The van der Waals surface area contributed by atoms with Crippen LogP contribution in [0.15, 0.2) is 65.6 Å². The van der Waals surface area contributed by atoms with Crippen LogP contribution in [-0.4, -0.2) is 67.7 Å². The molecular weight excluding hydrogens is 398 g/mol. The quantitative estimate of drug-likeness (QED) is 0.735. The van der Waals surface area contributed by atoms with E-state index in [1.54, 1.807) is 30.3 Å². The van der Waals surface area contributed by atoms with Gasteiger partial charge in [0.2, 0.25) is 15.9 Å². The lowest BCUT2D eigenvalue weighted by Gasteiger charge is -2.38. The van der Waals surface area contributed by atoms with Gasteiger partial charge in [-0.2, -0.15) is 4.31 Å². The molecule has 1 amide bonds. The van der Waals surface area contributed by atoms with Crippen molar-refractivity contribution in [3.8, 4) is 0 Å². The van der Waals surface area contributed by atoms with E-state index in [9.17, 15) is 13.2 Å². The van der Waals surface area contributed by atoms with Crippen molar-refractivity contribution in [1.82, 2.24) is 14.1 Å². The molecule has 0 spiro atoms. The van der Waals surface area contributed by atoms with Gasteiger partial charge in [0, 0.05) is 45.8 Å². The summed E-state index contributed by atoms with van der Waals surface area (Å²) in [5.41, 5.74) is 1.28. The minimum absolute atomic E-state index is 0.0994. The van der Waals surface area contributed by atoms with Crippen LogP contribution in [0.1, 0.15) is 18.4 Å². The number of sulfonamides is 1. The summed E-state index contributed by atoms with van der Waals surface area (Å²) in [6.07, 6.45) is 1.47. The number of hydrogen-bond acceptors (Lipinski definition) is 4. The van der Waals surface area contributed by atoms with E-state index in [0.717, 1.165) is 32.5 Å². The molecule has 2 aliphatic rings. The van der Waals surface area contributed by atoms with Crippen LogP contribution in [0, 0.1) is 5.92 Å². The Morgan fingerprint density at radius 3 is 2.17 bits per heavy atom. The first-order valence-corrected chi connectivity index (χ1v) is 12.1. The van der Waals surface area contributed by atoms with E-state index in [2.05, 4.69) is 17.0 Å². The van der Waals surface area contributed by atoms with Gasteiger partial charge in [0.1, 0.15) is 0 Å². The zero-order chi connectivity index (χ0) is 21.0. The standard InChI is InChI=1S/C23H29N3O3S/c27-23(25-16-14-24(15-17-25)18-20-8-3-1-4-9-20)21-10-7-13-26(19-21)30(28,29)22-11-5-2-6-12-22/h1-6,8-9,11-12,21H,7,10,13-19H2/t21-/m1/s1. The first kappa shape index (κ1) is 21.0. The second-order valence-electron chi connectivity index (χ2n) is 8.10. The molecule has 0 bridgehead atoms. The first-order valence-electron chi connectivity index (χ1n) is 10.6. The number of piperidine rings is 1. The Hall–Kier alpha value is -2.22. The third-order valence-corrected chi connectivity index (χ3v) is 7.93. The smallest absolute Gasteiger partial charge is 0.243 e. The molecule has 4 rings (SSSR count). The van der Waals surface area contributed by atoms with Gasteiger partial charge in [-0.1, -0.05) is 48.5 Å². The molecule has 2 saturated heterocycles. The fraction of sp³-hybridized carbons (Fsp3) is 0.435. The van der Waals surface area contributed by atoms with Gasteiger partial charge in [-0.3, -0.25) is 9.69 Å². The molecule has 2 aromatic rings. The molecule has 6 nitrogen and oxygen atoms in total. The van der Waals surface area contributed by atoms with E-state index in [1.807, 2.05) is 23.1 Å². The van der Waals surface area contributed by atoms with Crippen molar-refractivity contribution in [2.45, 2.75) is 24.3 Å². The number of piperazine rings is 1. The molecule has 1 atom stereocenters. The molecule has 0 radical (unpaired) electrons. The van der Waals surface area contributed by atoms with Crippen LogP contribution in [-0.2, 0) is 21.4 Å². The maximum absolute atomic E-state index is 13.1. The first-order chi connectivity index (χ1) is 14.5. The summed E-state index contributed by atoms with van der Waals surface area (Å²) in [6.45, 7) is 4.75. The van der Waals surface area contributed by atoms with Crippen molar-refractivity contribution in [1.29, 1.82) is 0 Å².